The monoisotopic (exact) mass is 642 g/mol. The van der Waals surface area contributed by atoms with Gasteiger partial charge in [0.25, 0.3) is 17.3 Å². The lowest BCUT2D eigenvalue weighted by atomic mass is 9.88. The summed E-state index contributed by atoms with van der Waals surface area (Å²) in [5.41, 5.74) is 4.70. The fourth-order valence-corrected chi connectivity index (χ4v) is 5.38. The number of hydrogen-bond donors (Lipinski definition) is 5. The third-order valence-electron chi connectivity index (χ3n) is 7.71. The van der Waals surface area contributed by atoms with Crippen molar-refractivity contribution in [1.82, 2.24) is 5.48 Å². The molecule has 0 heterocycles. The molecule has 0 saturated heterocycles. The van der Waals surface area contributed by atoms with Gasteiger partial charge in [-0.05, 0) is 70.8 Å². The normalized spacial score (nSPS) is 11.5. The average Bonchev–Trinajstić information content (AvgIpc) is 3.05. The van der Waals surface area contributed by atoms with Gasteiger partial charge in [-0.25, -0.2) is 9.59 Å². The van der Waals surface area contributed by atoms with E-state index in [1.54, 1.807) is 24.3 Å². The number of nitrogens with zero attached hydrogens (tertiary/aromatic N) is 2. The second-order valence-corrected chi connectivity index (χ2v) is 10.6. The smallest absolute Gasteiger partial charge is 0.336 e. The molecule has 0 aliphatic carbocycles. The molecular formula is C33H30N4O10. The number of nitro benzene ring substituents is 2. The Balaban J connectivity index is 1.62. The second kappa shape index (κ2) is 14.4. The van der Waals surface area contributed by atoms with Crippen molar-refractivity contribution in [2.45, 2.75) is 39.2 Å². The molecule has 14 heteroatoms. The molecule has 4 aromatic rings. The zero-order valence-electron chi connectivity index (χ0n) is 25.2. The van der Waals surface area contributed by atoms with Crippen molar-refractivity contribution in [3.8, 4) is 0 Å². The molecule has 4 rings (SSSR count). The minimum atomic E-state index is -1.40. The van der Waals surface area contributed by atoms with E-state index in [1.165, 1.54) is 0 Å². The van der Waals surface area contributed by atoms with Gasteiger partial charge in [-0.15, -0.1) is 0 Å². The number of hydrogen-bond acceptors (Lipinski definition) is 9. The molecule has 1 amide bonds. The number of nitrogens with one attached hydrogen (secondary N) is 2. The number of nitro groups is 2. The quantitative estimate of drug-likeness (QED) is 0.0848. The SMILES string of the molecule is CCc1cc(Cc2ccc(C(NO)c3cc([N+](=O)[O-])ccc3C(=O)O)c(CC)c2)ccc1NC(=O)c1cc([N+](=O)[O-])ccc1C(=O)O. The Hall–Kier alpha value is -5.99. The van der Waals surface area contributed by atoms with Gasteiger partial charge in [-0.2, -0.15) is 5.48 Å². The van der Waals surface area contributed by atoms with Crippen LogP contribution in [0.2, 0.25) is 0 Å². The van der Waals surface area contributed by atoms with Crippen LogP contribution in [-0.2, 0) is 19.3 Å². The summed E-state index contributed by atoms with van der Waals surface area (Å²) in [7, 11) is 0. The highest BCUT2D eigenvalue weighted by molar-refractivity contribution is 6.11. The second-order valence-electron chi connectivity index (χ2n) is 10.6. The predicted octanol–water partition coefficient (Wildman–Crippen LogP) is 5.94. The van der Waals surface area contributed by atoms with Crippen molar-refractivity contribution in [1.29, 1.82) is 0 Å². The van der Waals surface area contributed by atoms with E-state index in [0.29, 0.717) is 30.5 Å². The first-order valence-electron chi connectivity index (χ1n) is 14.4. The summed E-state index contributed by atoms with van der Waals surface area (Å²) in [6.45, 7) is 3.75. The molecule has 0 fully saturated rings. The fourth-order valence-electron chi connectivity index (χ4n) is 5.38. The number of rotatable bonds is 13. The highest BCUT2D eigenvalue weighted by Gasteiger charge is 2.26. The van der Waals surface area contributed by atoms with E-state index >= 15 is 0 Å². The minimum Gasteiger partial charge on any atom is -0.478 e. The molecule has 0 aliphatic rings. The molecule has 0 saturated carbocycles. The van der Waals surface area contributed by atoms with E-state index in [1.807, 2.05) is 26.0 Å². The molecule has 47 heavy (non-hydrogen) atoms. The van der Waals surface area contributed by atoms with E-state index in [0.717, 1.165) is 58.7 Å². The summed E-state index contributed by atoms with van der Waals surface area (Å²) < 4.78 is 0. The van der Waals surface area contributed by atoms with Gasteiger partial charge in [-0.1, -0.05) is 44.2 Å². The lowest BCUT2D eigenvalue weighted by Gasteiger charge is -2.21. The Morgan fingerprint density at radius 2 is 1.26 bits per heavy atom. The van der Waals surface area contributed by atoms with E-state index in [2.05, 4.69) is 10.8 Å². The highest BCUT2D eigenvalue weighted by Crippen LogP contribution is 2.32. The van der Waals surface area contributed by atoms with Crippen LogP contribution in [0.5, 0.6) is 0 Å². The van der Waals surface area contributed by atoms with Crippen molar-refractivity contribution in [2.75, 3.05) is 5.32 Å². The first-order valence-corrected chi connectivity index (χ1v) is 14.4. The van der Waals surface area contributed by atoms with Gasteiger partial charge in [-0.3, -0.25) is 25.0 Å². The molecule has 14 nitrogen and oxygen atoms in total. The van der Waals surface area contributed by atoms with Gasteiger partial charge in [0.15, 0.2) is 0 Å². The van der Waals surface area contributed by atoms with Crippen LogP contribution in [-0.4, -0.2) is 43.1 Å². The van der Waals surface area contributed by atoms with Crippen molar-refractivity contribution >= 4 is 34.9 Å². The molecule has 5 N–H and O–H groups in total. The third kappa shape index (κ3) is 7.46. The lowest BCUT2D eigenvalue weighted by Crippen LogP contribution is -2.22. The summed E-state index contributed by atoms with van der Waals surface area (Å²) in [5, 5.41) is 54.6. The molecule has 0 radical (unpaired) electrons. The number of amides is 1. The molecule has 0 aliphatic heterocycles. The summed E-state index contributed by atoms with van der Waals surface area (Å²) in [5.74, 6) is -3.51. The standard InChI is InChI=1S/C33H30N4O10/c1-3-20-14-18(5-9-24(20)30(35-43)27-16-22(36(44)45)7-10-25(27)32(39)40)13-19-6-12-29(21(4-2)15-19)34-31(38)28-17-23(37(46)47)8-11-26(28)33(41)42/h5-12,14-17,30,35,43H,3-4,13H2,1-2H3,(H,34,38)(H,39,40)(H,41,42). The number of benzene rings is 4. The number of carbonyl (C=O) groups is 3. The lowest BCUT2D eigenvalue weighted by molar-refractivity contribution is -0.385. The molecule has 242 valence electrons. The zero-order valence-corrected chi connectivity index (χ0v) is 25.2. The Labute approximate surface area is 267 Å². The molecule has 0 bridgehead atoms. The molecular weight excluding hydrogens is 612 g/mol. The fraction of sp³-hybridized carbons (Fsp3) is 0.182. The van der Waals surface area contributed by atoms with Gasteiger partial charge in [0.2, 0.25) is 0 Å². The van der Waals surface area contributed by atoms with E-state index in [9.17, 15) is 50.0 Å². The first-order chi connectivity index (χ1) is 22.4. The van der Waals surface area contributed by atoms with Crippen LogP contribution in [0, 0.1) is 20.2 Å². The van der Waals surface area contributed by atoms with Crippen molar-refractivity contribution in [3.63, 3.8) is 0 Å². The van der Waals surface area contributed by atoms with Crippen LogP contribution in [0.15, 0.2) is 72.8 Å². The molecule has 0 aromatic heterocycles. The van der Waals surface area contributed by atoms with Crippen LogP contribution < -0.4 is 10.8 Å². The van der Waals surface area contributed by atoms with Gasteiger partial charge >= 0.3 is 11.9 Å². The summed E-state index contributed by atoms with van der Waals surface area (Å²) in [4.78, 5) is 57.9. The van der Waals surface area contributed by atoms with Crippen LogP contribution >= 0.6 is 0 Å². The number of non-ortho nitro benzene ring substituents is 2. The molecule has 0 spiro atoms. The molecule has 4 aromatic carbocycles. The van der Waals surface area contributed by atoms with Gasteiger partial charge in [0.05, 0.1) is 32.6 Å². The zero-order chi connectivity index (χ0) is 34.4. The molecule has 1 atom stereocenters. The number of anilines is 1. The van der Waals surface area contributed by atoms with Crippen molar-refractivity contribution < 1.29 is 39.7 Å². The number of carboxylic acid groups (broad SMARTS) is 2. The van der Waals surface area contributed by atoms with Gasteiger partial charge < -0.3 is 20.7 Å². The first kappa shape index (κ1) is 33.9. The Kier molecular flexibility index (Phi) is 10.4. The topological polar surface area (TPSA) is 222 Å². The third-order valence-corrected chi connectivity index (χ3v) is 7.71. The summed E-state index contributed by atoms with van der Waals surface area (Å²) in [6.07, 6.45) is 1.46. The summed E-state index contributed by atoms with van der Waals surface area (Å²) in [6, 6.07) is 16.0. The Morgan fingerprint density at radius 3 is 1.81 bits per heavy atom. The van der Waals surface area contributed by atoms with Crippen molar-refractivity contribution in [3.05, 3.63) is 143 Å². The van der Waals surface area contributed by atoms with E-state index in [4.69, 9.17) is 0 Å². The van der Waals surface area contributed by atoms with Crippen LogP contribution in [0.4, 0.5) is 17.1 Å². The highest BCUT2D eigenvalue weighted by atomic mass is 16.6. The van der Waals surface area contributed by atoms with E-state index < -0.39 is 39.4 Å². The van der Waals surface area contributed by atoms with Crippen molar-refractivity contribution in [2.24, 2.45) is 0 Å². The maximum Gasteiger partial charge on any atom is 0.336 e. The van der Waals surface area contributed by atoms with Crippen LogP contribution in [0.25, 0.3) is 0 Å². The number of carboxylic acids is 2. The largest absolute Gasteiger partial charge is 0.478 e. The summed E-state index contributed by atoms with van der Waals surface area (Å²) >= 11 is 0. The Morgan fingerprint density at radius 1 is 0.702 bits per heavy atom. The van der Waals surface area contributed by atoms with Crippen LogP contribution in [0.1, 0.15) is 84.3 Å². The maximum atomic E-state index is 13.1. The Bertz CT molecular complexity index is 1910. The number of carbonyl (C=O) groups excluding carboxylic acids is 1. The number of aromatic carboxylic acids is 2. The minimum absolute atomic E-state index is 0.0301. The van der Waals surface area contributed by atoms with E-state index in [-0.39, 0.29) is 27.9 Å². The van der Waals surface area contributed by atoms with Gasteiger partial charge in [0, 0.05) is 30.0 Å². The maximum absolute atomic E-state index is 13.1. The number of aryl methyl sites for hydroxylation is 2. The van der Waals surface area contributed by atoms with Gasteiger partial charge in [0.1, 0.15) is 0 Å². The molecule has 1 unspecified atom stereocenters. The van der Waals surface area contributed by atoms with Crippen LogP contribution in [0.3, 0.4) is 0 Å². The number of hydroxylamine groups is 1. The average molecular weight is 643 g/mol. The predicted molar refractivity (Wildman–Crippen MR) is 169 cm³/mol.